The summed E-state index contributed by atoms with van der Waals surface area (Å²) >= 11 is 5.85. The first-order chi connectivity index (χ1) is 8.57. The van der Waals surface area contributed by atoms with Gasteiger partial charge in [-0.05, 0) is 36.6 Å². The Morgan fingerprint density at radius 1 is 1.33 bits per heavy atom. The average molecular weight is 284 g/mol. The van der Waals surface area contributed by atoms with Crippen molar-refractivity contribution in [2.45, 2.75) is 30.2 Å². The second-order valence-corrected chi connectivity index (χ2v) is 7.21. The molecule has 0 amide bonds. The molecule has 5 heteroatoms. The third kappa shape index (κ3) is 1.98. The lowest BCUT2D eigenvalue weighted by Crippen LogP contribution is -2.36. The second kappa shape index (κ2) is 4.37. The first-order valence-electron chi connectivity index (χ1n) is 6.06. The Bertz CT molecular complexity index is 618. The quantitative estimate of drug-likeness (QED) is 0.927. The molecule has 1 N–H and O–H groups in total. The smallest absolute Gasteiger partial charge is 0.204 e. The van der Waals surface area contributed by atoms with E-state index in [1.807, 2.05) is 0 Å². The van der Waals surface area contributed by atoms with Crippen LogP contribution in [-0.2, 0) is 9.84 Å². The molecule has 0 spiro atoms. The van der Waals surface area contributed by atoms with Crippen LogP contribution >= 0.6 is 11.6 Å². The van der Waals surface area contributed by atoms with Crippen LogP contribution < -0.4 is 5.32 Å². The molecule has 1 aliphatic heterocycles. The van der Waals surface area contributed by atoms with Crippen molar-refractivity contribution in [2.24, 2.45) is 0 Å². The Hall–Kier alpha value is -0.840. The monoisotopic (exact) mass is 283 g/mol. The van der Waals surface area contributed by atoms with Crippen molar-refractivity contribution in [3.63, 3.8) is 0 Å². The summed E-state index contributed by atoms with van der Waals surface area (Å²) in [5.41, 5.74) is 0.741. The number of halogens is 1. The number of fused-ring (bicyclic) bond motifs is 1. The van der Waals surface area contributed by atoms with Crippen molar-refractivity contribution >= 4 is 27.5 Å². The van der Waals surface area contributed by atoms with E-state index in [-0.39, 0.29) is 0 Å². The Balaban J connectivity index is 1.85. The SMILES string of the molecule is O=S1(=O)C(CNC2CCC2)=Cc2ccc(Cl)cc21. The fourth-order valence-corrected chi connectivity index (χ4v) is 4.05. The van der Waals surface area contributed by atoms with Gasteiger partial charge in [0.25, 0.3) is 0 Å². The van der Waals surface area contributed by atoms with Crippen LogP contribution in [0.2, 0.25) is 5.02 Å². The van der Waals surface area contributed by atoms with E-state index in [9.17, 15) is 8.42 Å². The summed E-state index contributed by atoms with van der Waals surface area (Å²) in [4.78, 5) is 0.784. The zero-order valence-corrected chi connectivity index (χ0v) is 11.4. The Kier molecular flexibility index (Phi) is 2.96. The molecule has 96 valence electrons. The molecule has 0 unspecified atom stereocenters. The van der Waals surface area contributed by atoms with Crippen molar-refractivity contribution in [3.8, 4) is 0 Å². The normalized spacial score (nSPS) is 21.3. The maximum atomic E-state index is 12.3. The first-order valence-corrected chi connectivity index (χ1v) is 7.92. The molecule has 1 aromatic carbocycles. The van der Waals surface area contributed by atoms with Gasteiger partial charge in [0.05, 0.1) is 9.80 Å². The predicted molar refractivity (Wildman–Crippen MR) is 72.3 cm³/mol. The first kappa shape index (κ1) is 12.2. The summed E-state index contributed by atoms with van der Waals surface area (Å²) in [6.45, 7) is 0.416. The van der Waals surface area contributed by atoms with Gasteiger partial charge in [0.15, 0.2) is 0 Å². The molecule has 3 rings (SSSR count). The third-order valence-electron chi connectivity index (χ3n) is 3.60. The number of hydrogen-bond acceptors (Lipinski definition) is 3. The minimum Gasteiger partial charge on any atom is -0.309 e. The van der Waals surface area contributed by atoms with E-state index < -0.39 is 9.84 Å². The number of hydrogen-bond donors (Lipinski definition) is 1. The van der Waals surface area contributed by atoms with Gasteiger partial charge in [-0.2, -0.15) is 0 Å². The van der Waals surface area contributed by atoms with Crippen molar-refractivity contribution in [1.29, 1.82) is 0 Å². The van der Waals surface area contributed by atoms with Gasteiger partial charge in [0, 0.05) is 17.6 Å². The van der Waals surface area contributed by atoms with Crippen molar-refractivity contribution in [1.82, 2.24) is 5.32 Å². The Labute approximate surface area is 112 Å². The highest BCUT2D eigenvalue weighted by Gasteiger charge is 2.30. The summed E-state index contributed by atoms with van der Waals surface area (Å²) in [5, 5.41) is 3.74. The molecule has 0 radical (unpaired) electrons. The average Bonchev–Trinajstić information content (AvgIpc) is 2.50. The Morgan fingerprint density at radius 2 is 2.11 bits per heavy atom. The standard InChI is InChI=1S/C13H14ClNO2S/c14-10-5-4-9-6-12(8-15-11-2-1-3-11)18(16,17)13(9)7-10/h4-7,11,15H,1-3,8H2. The van der Waals surface area contributed by atoms with Crippen LogP contribution in [-0.4, -0.2) is 21.0 Å². The Morgan fingerprint density at radius 3 is 2.78 bits per heavy atom. The summed E-state index contributed by atoms with van der Waals surface area (Å²) in [6, 6.07) is 5.48. The molecule has 0 atom stereocenters. The van der Waals surface area contributed by atoms with Gasteiger partial charge in [-0.15, -0.1) is 0 Å². The van der Waals surface area contributed by atoms with Crippen LogP contribution in [0.3, 0.4) is 0 Å². The van der Waals surface area contributed by atoms with Crippen LogP contribution in [0, 0.1) is 0 Å². The van der Waals surface area contributed by atoms with Crippen LogP contribution in [0.4, 0.5) is 0 Å². The number of nitrogens with one attached hydrogen (secondary N) is 1. The molecule has 3 nitrogen and oxygen atoms in total. The van der Waals surface area contributed by atoms with E-state index in [1.54, 1.807) is 18.2 Å². The summed E-state index contributed by atoms with van der Waals surface area (Å²) in [7, 11) is -3.33. The van der Waals surface area contributed by atoms with Crippen molar-refractivity contribution in [2.75, 3.05) is 6.54 Å². The van der Waals surface area contributed by atoms with Gasteiger partial charge in [-0.3, -0.25) is 0 Å². The maximum absolute atomic E-state index is 12.3. The minimum atomic E-state index is -3.33. The molecule has 0 saturated heterocycles. The van der Waals surface area contributed by atoms with E-state index in [2.05, 4.69) is 5.32 Å². The van der Waals surface area contributed by atoms with E-state index in [4.69, 9.17) is 11.6 Å². The van der Waals surface area contributed by atoms with Gasteiger partial charge in [0.1, 0.15) is 0 Å². The lowest BCUT2D eigenvalue weighted by Gasteiger charge is -2.26. The van der Waals surface area contributed by atoms with E-state index in [0.29, 0.717) is 27.4 Å². The van der Waals surface area contributed by atoms with Crippen LogP contribution in [0.5, 0.6) is 0 Å². The van der Waals surface area contributed by atoms with Crippen molar-refractivity contribution < 1.29 is 8.42 Å². The summed E-state index contributed by atoms with van der Waals surface area (Å²) in [6.07, 6.45) is 5.27. The molecule has 1 heterocycles. The fourth-order valence-electron chi connectivity index (χ4n) is 2.26. The number of rotatable bonds is 3. The highest BCUT2D eigenvalue weighted by molar-refractivity contribution is 7.95. The topological polar surface area (TPSA) is 46.2 Å². The zero-order chi connectivity index (χ0) is 12.8. The summed E-state index contributed by atoms with van der Waals surface area (Å²) in [5.74, 6) is 0. The molecule has 1 fully saturated rings. The molecule has 0 aromatic heterocycles. The van der Waals surface area contributed by atoms with E-state index >= 15 is 0 Å². The third-order valence-corrected chi connectivity index (χ3v) is 5.72. The largest absolute Gasteiger partial charge is 0.309 e. The van der Waals surface area contributed by atoms with Crippen LogP contribution in [0.25, 0.3) is 6.08 Å². The maximum Gasteiger partial charge on any atom is 0.204 e. The predicted octanol–water partition coefficient (Wildman–Crippen LogP) is 2.61. The van der Waals surface area contributed by atoms with Crippen molar-refractivity contribution in [3.05, 3.63) is 33.7 Å². The molecule has 0 bridgehead atoms. The van der Waals surface area contributed by atoms with Gasteiger partial charge >= 0.3 is 0 Å². The van der Waals surface area contributed by atoms with Gasteiger partial charge in [0.2, 0.25) is 9.84 Å². The molecule has 1 aliphatic carbocycles. The van der Waals surface area contributed by atoms with Crippen LogP contribution in [0.15, 0.2) is 28.0 Å². The van der Waals surface area contributed by atoms with E-state index in [0.717, 1.165) is 18.4 Å². The zero-order valence-electron chi connectivity index (χ0n) is 9.82. The molecule has 18 heavy (non-hydrogen) atoms. The number of benzene rings is 1. The second-order valence-electron chi connectivity index (χ2n) is 4.80. The molecule has 1 saturated carbocycles. The molecular weight excluding hydrogens is 270 g/mol. The summed E-state index contributed by atoms with van der Waals surface area (Å²) < 4.78 is 24.6. The fraction of sp³-hybridized carbons (Fsp3) is 0.385. The minimum absolute atomic E-state index is 0.334. The van der Waals surface area contributed by atoms with E-state index in [1.165, 1.54) is 12.5 Å². The highest BCUT2D eigenvalue weighted by Crippen LogP contribution is 2.34. The molecule has 1 aromatic rings. The van der Waals surface area contributed by atoms with Crippen LogP contribution in [0.1, 0.15) is 24.8 Å². The highest BCUT2D eigenvalue weighted by atomic mass is 35.5. The lowest BCUT2D eigenvalue weighted by molar-refractivity contribution is 0.351. The van der Waals surface area contributed by atoms with Gasteiger partial charge < -0.3 is 5.32 Å². The van der Waals surface area contributed by atoms with Gasteiger partial charge in [-0.25, -0.2) is 8.42 Å². The molecular formula is C13H14ClNO2S. The van der Waals surface area contributed by atoms with Gasteiger partial charge in [-0.1, -0.05) is 24.1 Å². The molecule has 2 aliphatic rings. The lowest BCUT2D eigenvalue weighted by atomic mass is 9.93. The number of sulfone groups is 1.